The summed E-state index contributed by atoms with van der Waals surface area (Å²) in [6.07, 6.45) is 7.47. The number of rotatable bonds is 10. The summed E-state index contributed by atoms with van der Waals surface area (Å²) in [7, 11) is 0. The molecule has 0 aliphatic carbocycles. The van der Waals surface area contributed by atoms with Crippen LogP contribution in [0.1, 0.15) is 90.5 Å². The van der Waals surface area contributed by atoms with Gasteiger partial charge in [0.25, 0.3) is 5.91 Å². The van der Waals surface area contributed by atoms with Crippen LogP contribution in [-0.2, 0) is 14.3 Å². The lowest BCUT2D eigenvalue weighted by molar-refractivity contribution is -0.139. The lowest BCUT2D eigenvalue weighted by atomic mass is 9.93. The van der Waals surface area contributed by atoms with Gasteiger partial charge in [0.15, 0.2) is 0 Å². The molecule has 7 nitrogen and oxygen atoms in total. The Morgan fingerprint density at radius 2 is 1.74 bits per heavy atom. The maximum atomic E-state index is 13.8. The van der Waals surface area contributed by atoms with Crippen molar-refractivity contribution < 1.29 is 19.1 Å². The number of hydrogen-bond donors (Lipinski definition) is 2. The number of hydrogen-bond acceptors (Lipinski definition) is 4. The molecule has 35 heavy (non-hydrogen) atoms. The maximum Gasteiger partial charge on any atom is 0.408 e. The van der Waals surface area contributed by atoms with Gasteiger partial charge in [0.2, 0.25) is 5.91 Å². The van der Waals surface area contributed by atoms with E-state index in [2.05, 4.69) is 16.7 Å². The standard InChI is InChI=1S/C28H43N3O4/c1-11-14-21(7)29-25(32)24(22-17-18(4)15-16-20(22)6)31(13-3)26(33)23(19(5)12-2)30-27(34)35-28(8,9)10/h3,15-17,19,21,23-24H,11-12,14H2,1-2,4-10H3,(H,29,32)(H,30,34). The highest BCUT2D eigenvalue weighted by Crippen LogP contribution is 2.27. The fourth-order valence-corrected chi connectivity index (χ4v) is 3.81. The number of alkyl carbamates (subject to hydrolysis) is 1. The van der Waals surface area contributed by atoms with Crippen molar-refractivity contribution in [3.63, 3.8) is 0 Å². The van der Waals surface area contributed by atoms with E-state index in [-0.39, 0.29) is 17.9 Å². The third-order valence-corrected chi connectivity index (χ3v) is 5.87. The van der Waals surface area contributed by atoms with Crippen molar-refractivity contribution in [2.45, 2.75) is 105 Å². The maximum absolute atomic E-state index is 13.8. The topological polar surface area (TPSA) is 87.7 Å². The molecule has 2 N–H and O–H groups in total. The van der Waals surface area contributed by atoms with E-state index in [0.29, 0.717) is 12.0 Å². The number of carbonyl (C=O) groups is 3. The largest absolute Gasteiger partial charge is 0.444 e. The van der Waals surface area contributed by atoms with Gasteiger partial charge in [0, 0.05) is 12.1 Å². The molecule has 0 spiro atoms. The predicted molar refractivity (Wildman–Crippen MR) is 139 cm³/mol. The van der Waals surface area contributed by atoms with Crippen LogP contribution < -0.4 is 10.6 Å². The molecule has 1 aromatic carbocycles. The van der Waals surface area contributed by atoms with Crippen LogP contribution >= 0.6 is 0 Å². The molecule has 194 valence electrons. The first-order valence-electron chi connectivity index (χ1n) is 12.4. The number of carbonyl (C=O) groups excluding carboxylic acids is 3. The van der Waals surface area contributed by atoms with Crippen LogP contribution in [0.15, 0.2) is 18.2 Å². The molecule has 0 aliphatic rings. The summed E-state index contributed by atoms with van der Waals surface area (Å²) in [5.41, 5.74) is 1.71. The number of aryl methyl sites for hydroxylation is 2. The molecule has 4 unspecified atom stereocenters. The minimum atomic E-state index is -1.04. The number of terminal acetylenes is 1. The summed E-state index contributed by atoms with van der Waals surface area (Å²) < 4.78 is 5.38. The highest BCUT2D eigenvalue weighted by Gasteiger charge is 2.38. The Morgan fingerprint density at radius 1 is 1.11 bits per heavy atom. The van der Waals surface area contributed by atoms with Gasteiger partial charge in [-0.3, -0.25) is 14.5 Å². The molecule has 0 aliphatic heterocycles. The van der Waals surface area contributed by atoms with E-state index in [1.54, 1.807) is 20.8 Å². The summed E-state index contributed by atoms with van der Waals surface area (Å²) in [5, 5.41) is 5.70. The van der Waals surface area contributed by atoms with E-state index in [4.69, 9.17) is 11.2 Å². The lowest BCUT2D eigenvalue weighted by Gasteiger charge is -2.33. The van der Waals surface area contributed by atoms with Gasteiger partial charge >= 0.3 is 6.09 Å². The lowest BCUT2D eigenvalue weighted by Crippen LogP contribution is -2.54. The highest BCUT2D eigenvalue weighted by atomic mass is 16.6. The third-order valence-electron chi connectivity index (χ3n) is 5.87. The fourth-order valence-electron chi connectivity index (χ4n) is 3.81. The summed E-state index contributed by atoms with van der Waals surface area (Å²) >= 11 is 0. The van der Waals surface area contributed by atoms with Crippen molar-refractivity contribution in [3.05, 3.63) is 34.9 Å². The van der Waals surface area contributed by atoms with Crippen molar-refractivity contribution in [2.75, 3.05) is 0 Å². The molecule has 7 heteroatoms. The highest BCUT2D eigenvalue weighted by molar-refractivity contribution is 5.93. The molecule has 0 fully saturated rings. The Labute approximate surface area is 211 Å². The first-order chi connectivity index (χ1) is 16.2. The Hall–Kier alpha value is -3.01. The zero-order valence-electron chi connectivity index (χ0n) is 22.8. The van der Waals surface area contributed by atoms with E-state index in [1.807, 2.05) is 59.7 Å². The molecular formula is C28H43N3O4. The average molecular weight is 486 g/mol. The van der Waals surface area contributed by atoms with Crippen molar-refractivity contribution in [3.8, 4) is 12.5 Å². The summed E-state index contributed by atoms with van der Waals surface area (Å²) in [5.74, 6) is -1.13. The second-order valence-electron chi connectivity index (χ2n) is 10.3. The first-order valence-corrected chi connectivity index (χ1v) is 12.4. The Balaban J connectivity index is 3.49. The van der Waals surface area contributed by atoms with Gasteiger partial charge in [-0.25, -0.2) is 4.79 Å². The van der Waals surface area contributed by atoms with Gasteiger partial charge in [-0.2, -0.15) is 0 Å². The van der Waals surface area contributed by atoms with E-state index < -0.39 is 29.7 Å². The normalized spacial score (nSPS) is 14.6. The van der Waals surface area contributed by atoms with Crippen molar-refractivity contribution in [2.24, 2.45) is 5.92 Å². The number of ether oxygens (including phenoxy) is 1. The molecule has 0 heterocycles. The molecule has 0 radical (unpaired) electrons. The van der Waals surface area contributed by atoms with Crippen LogP contribution in [-0.4, -0.2) is 40.5 Å². The van der Waals surface area contributed by atoms with Gasteiger partial charge in [0.05, 0.1) is 0 Å². The minimum absolute atomic E-state index is 0.0832. The quantitative estimate of drug-likeness (QED) is 0.360. The van der Waals surface area contributed by atoms with E-state index in [9.17, 15) is 14.4 Å². The molecular weight excluding hydrogens is 442 g/mol. The van der Waals surface area contributed by atoms with Crippen LogP contribution in [0.4, 0.5) is 4.79 Å². The molecule has 1 rings (SSSR count). The fraction of sp³-hybridized carbons (Fsp3) is 0.607. The van der Waals surface area contributed by atoms with Crippen molar-refractivity contribution >= 4 is 17.9 Å². The smallest absolute Gasteiger partial charge is 0.408 e. The Morgan fingerprint density at radius 3 is 2.26 bits per heavy atom. The Kier molecular flexibility index (Phi) is 11.3. The molecule has 0 saturated carbocycles. The number of nitrogens with zero attached hydrogens (tertiary/aromatic N) is 1. The predicted octanol–water partition coefficient (Wildman–Crippen LogP) is 5.01. The van der Waals surface area contributed by atoms with Gasteiger partial charge in [0.1, 0.15) is 17.7 Å². The molecule has 0 saturated heterocycles. The van der Waals surface area contributed by atoms with E-state index >= 15 is 0 Å². The van der Waals surface area contributed by atoms with E-state index in [1.165, 1.54) is 0 Å². The first kappa shape index (κ1) is 30.0. The Bertz CT molecular complexity index is 929. The van der Waals surface area contributed by atoms with Gasteiger partial charge in [-0.1, -0.05) is 63.8 Å². The molecule has 4 atom stereocenters. The second kappa shape index (κ2) is 13.2. The van der Waals surface area contributed by atoms with E-state index in [0.717, 1.165) is 28.9 Å². The summed E-state index contributed by atoms with van der Waals surface area (Å²) in [4.78, 5) is 41.1. The molecule has 3 amide bonds. The van der Waals surface area contributed by atoms with Crippen LogP contribution in [0.5, 0.6) is 0 Å². The molecule has 0 bridgehead atoms. The van der Waals surface area contributed by atoms with Crippen LogP contribution in [0.25, 0.3) is 0 Å². The van der Waals surface area contributed by atoms with Crippen molar-refractivity contribution in [1.29, 1.82) is 0 Å². The molecule has 0 aromatic heterocycles. The van der Waals surface area contributed by atoms with Gasteiger partial charge in [-0.05, 0) is 65.0 Å². The molecule has 1 aromatic rings. The van der Waals surface area contributed by atoms with Crippen molar-refractivity contribution in [1.82, 2.24) is 15.5 Å². The zero-order chi connectivity index (χ0) is 26.9. The van der Waals surface area contributed by atoms with Gasteiger partial charge in [-0.15, -0.1) is 0 Å². The van der Waals surface area contributed by atoms with Crippen LogP contribution in [0.3, 0.4) is 0 Å². The average Bonchev–Trinajstić information content (AvgIpc) is 2.75. The third kappa shape index (κ3) is 8.93. The SMILES string of the molecule is C#CN(C(=O)C(NC(=O)OC(C)(C)C)C(C)CC)C(C(=O)NC(C)CCC)c1cc(C)ccc1C. The summed E-state index contributed by atoms with van der Waals surface area (Å²) in [6.45, 7) is 16.8. The number of amides is 3. The van der Waals surface area contributed by atoms with Gasteiger partial charge < -0.3 is 15.4 Å². The second-order valence-corrected chi connectivity index (χ2v) is 10.3. The number of benzene rings is 1. The number of nitrogens with one attached hydrogen (secondary N) is 2. The zero-order valence-corrected chi connectivity index (χ0v) is 22.8. The van der Waals surface area contributed by atoms with Crippen LogP contribution in [0.2, 0.25) is 0 Å². The minimum Gasteiger partial charge on any atom is -0.444 e. The summed E-state index contributed by atoms with van der Waals surface area (Å²) in [6, 6.07) is 6.09. The monoisotopic (exact) mass is 485 g/mol. The van der Waals surface area contributed by atoms with Crippen LogP contribution in [0, 0.1) is 32.2 Å².